The van der Waals surface area contributed by atoms with Crippen LogP contribution in [0.25, 0.3) is 0 Å². The van der Waals surface area contributed by atoms with Crippen molar-refractivity contribution in [2.75, 3.05) is 7.05 Å². The van der Waals surface area contributed by atoms with Crippen LogP contribution in [0.1, 0.15) is 23.2 Å². The van der Waals surface area contributed by atoms with Crippen molar-refractivity contribution in [2.45, 2.75) is 18.9 Å². The lowest BCUT2D eigenvalue weighted by Crippen LogP contribution is -2.53. The Balaban J connectivity index is 2.14. The molecule has 1 aromatic carbocycles. The Morgan fingerprint density at radius 1 is 1.45 bits per heavy atom. The van der Waals surface area contributed by atoms with E-state index < -0.39 is 23.7 Å². The molecule has 0 aliphatic carbocycles. The molecule has 1 unspecified atom stereocenters. The van der Waals surface area contributed by atoms with Crippen molar-refractivity contribution in [2.24, 2.45) is 0 Å². The second kappa shape index (κ2) is 5.70. The molecule has 1 heterocycles. The summed E-state index contributed by atoms with van der Waals surface area (Å²) in [5.41, 5.74) is -0.147. The summed E-state index contributed by atoms with van der Waals surface area (Å²) in [5.74, 6) is -2.11. The number of benzene rings is 1. The number of rotatable bonds is 2. The Morgan fingerprint density at radius 3 is 2.85 bits per heavy atom. The SMILES string of the molecule is CN1C(=O)CCC(NC(=O)c2cc(Br)ccc2F)C1=O. The van der Waals surface area contributed by atoms with E-state index in [9.17, 15) is 18.8 Å². The van der Waals surface area contributed by atoms with Crippen LogP contribution in [0.3, 0.4) is 0 Å². The highest BCUT2D eigenvalue weighted by Gasteiger charge is 2.33. The van der Waals surface area contributed by atoms with Gasteiger partial charge in [0.25, 0.3) is 11.8 Å². The van der Waals surface area contributed by atoms with Gasteiger partial charge in [0.05, 0.1) is 5.56 Å². The van der Waals surface area contributed by atoms with Crippen LogP contribution < -0.4 is 5.32 Å². The number of carbonyl (C=O) groups is 3. The number of nitrogens with zero attached hydrogens (tertiary/aromatic N) is 1. The first-order valence-electron chi connectivity index (χ1n) is 5.96. The molecule has 1 atom stereocenters. The molecule has 1 aliphatic heterocycles. The standard InChI is InChI=1S/C13H12BrFN2O3/c1-17-11(18)5-4-10(13(17)20)16-12(19)8-6-7(14)2-3-9(8)15/h2-3,6,10H,4-5H2,1H3,(H,16,19). The normalized spacial score (nSPS) is 19.1. The minimum Gasteiger partial charge on any atom is -0.340 e. The molecule has 0 radical (unpaired) electrons. The molecule has 20 heavy (non-hydrogen) atoms. The van der Waals surface area contributed by atoms with Gasteiger partial charge < -0.3 is 5.32 Å². The highest BCUT2D eigenvalue weighted by atomic mass is 79.9. The first-order chi connectivity index (χ1) is 9.40. The highest BCUT2D eigenvalue weighted by molar-refractivity contribution is 9.10. The van der Waals surface area contributed by atoms with Gasteiger partial charge >= 0.3 is 0 Å². The summed E-state index contributed by atoms with van der Waals surface area (Å²) in [5, 5.41) is 2.46. The summed E-state index contributed by atoms with van der Waals surface area (Å²) < 4.78 is 14.1. The fourth-order valence-corrected chi connectivity index (χ4v) is 2.32. The van der Waals surface area contributed by atoms with Crippen molar-refractivity contribution in [3.63, 3.8) is 0 Å². The molecule has 1 aliphatic rings. The lowest BCUT2D eigenvalue weighted by atomic mass is 10.0. The van der Waals surface area contributed by atoms with Crippen LogP contribution in [0.15, 0.2) is 22.7 Å². The molecule has 1 aromatic rings. The molecule has 2 rings (SSSR count). The number of hydrogen-bond acceptors (Lipinski definition) is 3. The van der Waals surface area contributed by atoms with Crippen LogP contribution in [-0.4, -0.2) is 35.7 Å². The predicted octanol–water partition coefficient (Wildman–Crippen LogP) is 1.47. The molecule has 1 saturated heterocycles. The van der Waals surface area contributed by atoms with Crippen molar-refractivity contribution in [3.8, 4) is 0 Å². The molecule has 7 heteroatoms. The van der Waals surface area contributed by atoms with Crippen molar-refractivity contribution < 1.29 is 18.8 Å². The zero-order chi connectivity index (χ0) is 14.9. The summed E-state index contributed by atoms with van der Waals surface area (Å²) >= 11 is 3.15. The third kappa shape index (κ3) is 2.87. The molecular formula is C13H12BrFN2O3. The molecule has 0 bridgehead atoms. The smallest absolute Gasteiger partial charge is 0.254 e. The summed E-state index contributed by atoms with van der Waals surface area (Å²) in [6.45, 7) is 0. The largest absolute Gasteiger partial charge is 0.340 e. The van der Waals surface area contributed by atoms with E-state index in [2.05, 4.69) is 21.2 Å². The predicted molar refractivity (Wildman–Crippen MR) is 72.4 cm³/mol. The van der Waals surface area contributed by atoms with Crippen LogP contribution in [0.4, 0.5) is 4.39 Å². The number of likely N-dealkylation sites (N-methyl/N-ethyl adjacent to an activating group) is 1. The van der Waals surface area contributed by atoms with Gasteiger partial charge in [-0.3, -0.25) is 19.3 Å². The maximum Gasteiger partial charge on any atom is 0.254 e. The van der Waals surface area contributed by atoms with Crippen molar-refractivity contribution in [3.05, 3.63) is 34.1 Å². The van der Waals surface area contributed by atoms with Crippen LogP contribution >= 0.6 is 15.9 Å². The van der Waals surface area contributed by atoms with Crippen molar-refractivity contribution in [1.82, 2.24) is 10.2 Å². The Bertz CT molecular complexity index is 591. The molecule has 5 nitrogen and oxygen atoms in total. The molecular weight excluding hydrogens is 331 g/mol. The summed E-state index contributed by atoms with van der Waals surface area (Å²) in [6.07, 6.45) is 0.400. The van der Waals surface area contributed by atoms with Gasteiger partial charge in [-0.15, -0.1) is 0 Å². The monoisotopic (exact) mass is 342 g/mol. The fraction of sp³-hybridized carbons (Fsp3) is 0.308. The minimum atomic E-state index is -0.802. The van der Waals surface area contributed by atoms with Gasteiger partial charge in [0.1, 0.15) is 11.9 Å². The second-order valence-electron chi connectivity index (χ2n) is 4.48. The third-order valence-electron chi connectivity index (χ3n) is 3.13. The first-order valence-corrected chi connectivity index (χ1v) is 6.75. The van der Waals surface area contributed by atoms with E-state index in [0.717, 1.165) is 11.0 Å². The zero-order valence-electron chi connectivity index (χ0n) is 10.7. The van der Waals surface area contributed by atoms with E-state index in [1.165, 1.54) is 19.2 Å². The molecule has 0 aromatic heterocycles. The van der Waals surface area contributed by atoms with Gasteiger partial charge in [-0.1, -0.05) is 15.9 Å². The van der Waals surface area contributed by atoms with Gasteiger partial charge in [0.2, 0.25) is 5.91 Å². The molecule has 0 saturated carbocycles. The summed E-state index contributed by atoms with van der Waals surface area (Å²) in [7, 11) is 1.36. The number of likely N-dealkylation sites (tertiary alicyclic amines) is 1. The van der Waals surface area contributed by atoms with E-state index in [1.807, 2.05) is 0 Å². The van der Waals surface area contributed by atoms with E-state index in [1.54, 1.807) is 0 Å². The number of nitrogens with one attached hydrogen (secondary N) is 1. The number of carbonyl (C=O) groups excluding carboxylic acids is 3. The number of imide groups is 1. The van der Waals surface area contributed by atoms with E-state index in [4.69, 9.17) is 0 Å². The van der Waals surface area contributed by atoms with Crippen LogP contribution in [0, 0.1) is 5.82 Å². The molecule has 3 amide bonds. The number of amides is 3. The van der Waals surface area contributed by atoms with Gasteiger partial charge in [-0.2, -0.15) is 0 Å². The maximum absolute atomic E-state index is 13.6. The summed E-state index contributed by atoms with van der Waals surface area (Å²) in [4.78, 5) is 36.1. The molecule has 0 spiro atoms. The van der Waals surface area contributed by atoms with Gasteiger partial charge in [0.15, 0.2) is 0 Å². The first kappa shape index (κ1) is 14.6. The Hall–Kier alpha value is -1.76. The molecule has 1 fully saturated rings. The van der Waals surface area contributed by atoms with Crippen molar-refractivity contribution in [1.29, 1.82) is 0 Å². The third-order valence-corrected chi connectivity index (χ3v) is 3.62. The van der Waals surface area contributed by atoms with Gasteiger partial charge in [0, 0.05) is 17.9 Å². The lowest BCUT2D eigenvalue weighted by Gasteiger charge is -2.28. The maximum atomic E-state index is 13.6. The molecule has 106 valence electrons. The van der Waals surface area contributed by atoms with E-state index in [0.29, 0.717) is 4.47 Å². The number of hydrogen-bond donors (Lipinski definition) is 1. The van der Waals surface area contributed by atoms with E-state index in [-0.39, 0.29) is 24.3 Å². The van der Waals surface area contributed by atoms with Crippen LogP contribution in [0.5, 0.6) is 0 Å². The van der Waals surface area contributed by atoms with Crippen molar-refractivity contribution >= 4 is 33.7 Å². The quantitative estimate of drug-likeness (QED) is 0.827. The average Bonchev–Trinajstić information content (AvgIpc) is 2.42. The van der Waals surface area contributed by atoms with Gasteiger partial charge in [-0.05, 0) is 24.6 Å². The minimum absolute atomic E-state index is 0.147. The lowest BCUT2D eigenvalue weighted by molar-refractivity contribution is -0.147. The molecule has 1 N–H and O–H groups in total. The van der Waals surface area contributed by atoms with E-state index >= 15 is 0 Å². The van der Waals surface area contributed by atoms with Crippen LogP contribution in [0.2, 0.25) is 0 Å². The fourth-order valence-electron chi connectivity index (χ4n) is 1.96. The number of piperidine rings is 1. The summed E-state index contributed by atoms with van der Waals surface area (Å²) in [6, 6.07) is 3.18. The van der Waals surface area contributed by atoms with Crippen LogP contribution in [-0.2, 0) is 9.59 Å². The Kier molecular flexibility index (Phi) is 4.17. The van der Waals surface area contributed by atoms with Gasteiger partial charge in [-0.25, -0.2) is 4.39 Å². The second-order valence-corrected chi connectivity index (χ2v) is 5.40. The zero-order valence-corrected chi connectivity index (χ0v) is 12.2. The number of halogens is 2. The topological polar surface area (TPSA) is 66.5 Å². The Morgan fingerprint density at radius 2 is 2.15 bits per heavy atom. The Labute approximate surface area is 123 Å². The highest BCUT2D eigenvalue weighted by Crippen LogP contribution is 2.17. The average molecular weight is 343 g/mol.